The van der Waals surface area contributed by atoms with E-state index in [-0.39, 0.29) is 22.7 Å². The van der Waals surface area contributed by atoms with Gasteiger partial charge in [0.15, 0.2) is 34.2 Å². The number of aromatic nitrogens is 2. The van der Waals surface area contributed by atoms with Gasteiger partial charge in [-0.25, -0.2) is 22.0 Å². The first kappa shape index (κ1) is 18.8. The highest BCUT2D eigenvalue weighted by Gasteiger charge is 2.19. The second-order valence-electron chi connectivity index (χ2n) is 5.40. The highest BCUT2D eigenvalue weighted by atomic mass is 32.1. The fourth-order valence-electron chi connectivity index (χ4n) is 2.27. The van der Waals surface area contributed by atoms with Crippen LogP contribution in [0.5, 0.6) is 0 Å². The molecule has 0 amide bonds. The SMILES string of the molecule is Fc1ccccc1NC(=S)Nc1ccn(Cc2c(F)c(F)cc(F)c2F)n1. The fourth-order valence-corrected chi connectivity index (χ4v) is 2.49. The van der Waals surface area contributed by atoms with E-state index in [0.717, 1.165) is 4.68 Å². The third kappa shape index (κ3) is 4.22. The molecule has 4 nitrogen and oxygen atoms in total. The molecule has 0 fully saturated rings. The molecule has 0 aliphatic carbocycles. The number of nitrogens with zero attached hydrogens (tertiary/aromatic N) is 2. The zero-order chi connectivity index (χ0) is 19.6. The molecule has 2 N–H and O–H groups in total. The highest BCUT2D eigenvalue weighted by molar-refractivity contribution is 7.80. The number of rotatable bonds is 4. The molecule has 0 radical (unpaired) electrons. The van der Waals surface area contributed by atoms with E-state index in [1.54, 1.807) is 6.07 Å². The summed E-state index contributed by atoms with van der Waals surface area (Å²) in [6.07, 6.45) is 1.33. The summed E-state index contributed by atoms with van der Waals surface area (Å²) >= 11 is 5.04. The molecule has 2 aromatic carbocycles. The molecule has 3 aromatic rings. The Hall–Kier alpha value is -3.01. The van der Waals surface area contributed by atoms with Crippen LogP contribution in [0.4, 0.5) is 33.5 Å². The minimum Gasteiger partial charge on any atom is -0.330 e. The lowest BCUT2D eigenvalue weighted by molar-refractivity contribution is 0.431. The summed E-state index contributed by atoms with van der Waals surface area (Å²) in [7, 11) is 0. The average molecular weight is 398 g/mol. The Kier molecular flexibility index (Phi) is 5.36. The van der Waals surface area contributed by atoms with Gasteiger partial charge in [0, 0.05) is 18.3 Å². The number of thiocarbonyl (C=S) groups is 1. The number of para-hydroxylation sites is 1. The quantitative estimate of drug-likeness (QED) is 0.388. The Labute approximate surface area is 155 Å². The number of hydrogen-bond acceptors (Lipinski definition) is 2. The molecule has 0 atom stereocenters. The first-order valence-electron chi connectivity index (χ1n) is 7.53. The van der Waals surface area contributed by atoms with Crippen LogP contribution in [0.2, 0.25) is 0 Å². The second kappa shape index (κ2) is 7.70. The standard InChI is InChI=1S/C17H11F5N4S/c18-10-3-1-2-4-13(10)23-17(27)24-14-5-6-26(25-14)8-9-15(21)11(19)7-12(20)16(9)22/h1-7H,8H2,(H2,23,24,25,27). The molecule has 140 valence electrons. The number of halogens is 5. The summed E-state index contributed by atoms with van der Waals surface area (Å²) in [5.74, 6) is -6.30. The largest absolute Gasteiger partial charge is 0.330 e. The molecule has 0 spiro atoms. The van der Waals surface area contributed by atoms with Crippen molar-refractivity contribution in [2.45, 2.75) is 6.54 Å². The van der Waals surface area contributed by atoms with Crippen LogP contribution in [0.3, 0.4) is 0 Å². The van der Waals surface area contributed by atoms with E-state index in [0.29, 0.717) is 0 Å². The fraction of sp³-hybridized carbons (Fsp3) is 0.0588. The van der Waals surface area contributed by atoms with Crippen molar-refractivity contribution in [1.82, 2.24) is 9.78 Å². The number of benzene rings is 2. The minimum absolute atomic E-state index is 0.0273. The molecular weight excluding hydrogens is 387 g/mol. The lowest BCUT2D eigenvalue weighted by Crippen LogP contribution is -2.20. The van der Waals surface area contributed by atoms with E-state index in [1.807, 2.05) is 0 Å². The predicted molar refractivity (Wildman–Crippen MR) is 93.8 cm³/mol. The number of hydrogen-bond donors (Lipinski definition) is 2. The van der Waals surface area contributed by atoms with Gasteiger partial charge in [0.1, 0.15) is 5.82 Å². The van der Waals surface area contributed by atoms with Crippen LogP contribution in [-0.4, -0.2) is 14.9 Å². The maximum absolute atomic E-state index is 13.7. The predicted octanol–water partition coefficient (Wildman–Crippen LogP) is 4.44. The Balaban J connectivity index is 1.71. The van der Waals surface area contributed by atoms with Crippen molar-refractivity contribution < 1.29 is 22.0 Å². The van der Waals surface area contributed by atoms with Crippen molar-refractivity contribution >= 4 is 28.8 Å². The van der Waals surface area contributed by atoms with Gasteiger partial charge in [-0.05, 0) is 24.4 Å². The van der Waals surface area contributed by atoms with E-state index in [1.165, 1.54) is 30.5 Å². The van der Waals surface area contributed by atoms with E-state index in [2.05, 4.69) is 15.7 Å². The zero-order valence-corrected chi connectivity index (χ0v) is 14.3. The van der Waals surface area contributed by atoms with Gasteiger partial charge in [-0.15, -0.1) is 0 Å². The summed E-state index contributed by atoms with van der Waals surface area (Å²) in [5, 5.41) is 9.27. The van der Waals surface area contributed by atoms with Gasteiger partial charge in [-0.3, -0.25) is 4.68 Å². The van der Waals surface area contributed by atoms with Crippen molar-refractivity contribution in [2.24, 2.45) is 0 Å². The molecule has 0 saturated heterocycles. The van der Waals surface area contributed by atoms with E-state index >= 15 is 0 Å². The Morgan fingerprint density at radius 2 is 1.59 bits per heavy atom. The molecule has 3 rings (SSSR count). The van der Waals surface area contributed by atoms with Gasteiger partial charge in [0.2, 0.25) is 0 Å². The third-order valence-electron chi connectivity index (χ3n) is 3.53. The van der Waals surface area contributed by atoms with Crippen LogP contribution in [0.25, 0.3) is 0 Å². The Bertz CT molecular complexity index is 979. The van der Waals surface area contributed by atoms with Gasteiger partial charge in [0.25, 0.3) is 0 Å². The van der Waals surface area contributed by atoms with Crippen LogP contribution in [-0.2, 0) is 6.54 Å². The van der Waals surface area contributed by atoms with Crippen LogP contribution in [0, 0.1) is 29.1 Å². The smallest absolute Gasteiger partial charge is 0.176 e. The summed E-state index contributed by atoms with van der Waals surface area (Å²) in [6.45, 7) is -0.540. The van der Waals surface area contributed by atoms with Crippen LogP contribution in [0.15, 0.2) is 42.6 Å². The minimum atomic E-state index is -1.50. The molecule has 0 bridgehead atoms. The topological polar surface area (TPSA) is 41.9 Å². The first-order valence-corrected chi connectivity index (χ1v) is 7.94. The van der Waals surface area contributed by atoms with Gasteiger partial charge in [-0.1, -0.05) is 12.1 Å². The summed E-state index contributed by atoms with van der Waals surface area (Å²) in [4.78, 5) is 0. The molecule has 0 saturated carbocycles. The van der Waals surface area contributed by atoms with Gasteiger partial charge in [0.05, 0.1) is 17.8 Å². The van der Waals surface area contributed by atoms with Crippen LogP contribution in [0.1, 0.15) is 5.56 Å². The van der Waals surface area contributed by atoms with Gasteiger partial charge < -0.3 is 10.6 Å². The Morgan fingerprint density at radius 1 is 0.926 bits per heavy atom. The van der Waals surface area contributed by atoms with Crippen molar-refractivity contribution in [2.75, 3.05) is 10.6 Å². The maximum atomic E-state index is 13.7. The maximum Gasteiger partial charge on any atom is 0.176 e. The van der Waals surface area contributed by atoms with Gasteiger partial charge >= 0.3 is 0 Å². The monoisotopic (exact) mass is 398 g/mol. The number of nitrogens with one attached hydrogen (secondary N) is 2. The second-order valence-corrected chi connectivity index (χ2v) is 5.81. The lowest BCUT2D eigenvalue weighted by atomic mass is 10.2. The van der Waals surface area contributed by atoms with Crippen LogP contribution < -0.4 is 10.6 Å². The lowest BCUT2D eigenvalue weighted by Gasteiger charge is -2.09. The molecule has 0 aliphatic heterocycles. The third-order valence-corrected chi connectivity index (χ3v) is 3.73. The van der Waals surface area contributed by atoms with E-state index in [4.69, 9.17) is 12.2 Å². The van der Waals surface area contributed by atoms with E-state index < -0.39 is 41.2 Å². The first-order chi connectivity index (χ1) is 12.8. The van der Waals surface area contributed by atoms with Gasteiger partial charge in [-0.2, -0.15) is 5.10 Å². The Morgan fingerprint density at radius 3 is 2.26 bits per heavy atom. The molecule has 0 aliphatic rings. The van der Waals surface area contributed by atoms with E-state index in [9.17, 15) is 22.0 Å². The van der Waals surface area contributed by atoms with Crippen molar-refractivity contribution in [3.63, 3.8) is 0 Å². The van der Waals surface area contributed by atoms with Crippen molar-refractivity contribution in [1.29, 1.82) is 0 Å². The zero-order valence-electron chi connectivity index (χ0n) is 13.4. The molecule has 10 heteroatoms. The normalized spacial score (nSPS) is 10.7. The van der Waals surface area contributed by atoms with Crippen LogP contribution >= 0.6 is 12.2 Å². The molecule has 0 unspecified atom stereocenters. The summed E-state index contributed by atoms with van der Waals surface area (Å²) in [5.41, 5.74) is -0.650. The molecule has 1 aromatic heterocycles. The molecule has 27 heavy (non-hydrogen) atoms. The number of anilines is 2. The molecule has 1 heterocycles. The van der Waals surface area contributed by atoms with Crippen molar-refractivity contribution in [3.8, 4) is 0 Å². The molecular formula is C17H11F5N4S. The average Bonchev–Trinajstić information content (AvgIpc) is 3.06. The highest BCUT2D eigenvalue weighted by Crippen LogP contribution is 2.20. The summed E-state index contributed by atoms with van der Waals surface area (Å²) < 4.78 is 68.6. The van der Waals surface area contributed by atoms with Crippen molar-refractivity contribution in [3.05, 3.63) is 77.2 Å². The summed E-state index contributed by atoms with van der Waals surface area (Å²) in [6, 6.07) is 7.42.